The number of phenolic OH excluding ortho intramolecular Hbond substituents is 2. The van der Waals surface area contributed by atoms with Gasteiger partial charge in [0.2, 0.25) is 0 Å². The Labute approximate surface area is 119 Å². The molecule has 0 spiro atoms. The largest absolute Gasteiger partial charge is 0.504 e. The van der Waals surface area contributed by atoms with E-state index in [4.69, 9.17) is 11.6 Å². The third kappa shape index (κ3) is 2.02. The second-order valence-corrected chi connectivity index (χ2v) is 4.87. The number of carbonyl (C=O) groups is 1. The number of fused-ring (bicyclic) bond motifs is 1. The molecule has 0 saturated heterocycles. The van der Waals surface area contributed by atoms with Crippen LogP contribution in [-0.4, -0.2) is 16.1 Å². The fourth-order valence-electron chi connectivity index (χ4n) is 2.15. The predicted molar refractivity (Wildman–Crippen MR) is 75.1 cm³/mol. The zero-order valence-corrected chi connectivity index (χ0v) is 11.0. The third-order valence-corrected chi connectivity index (χ3v) is 3.43. The zero-order chi connectivity index (χ0) is 14.3. The first-order chi connectivity index (χ1) is 9.56. The maximum absolute atomic E-state index is 12.0. The average molecular weight is 291 g/mol. The van der Waals surface area contributed by atoms with E-state index < -0.39 is 6.17 Å². The van der Waals surface area contributed by atoms with E-state index in [0.717, 1.165) is 0 Å². The van der Waals surface area contributed by atoms with Crippen LogP contribution in [0.15, 0.2) is 36.4 Å². The highest BCUT2D eigenvalue weighted by Gasteiger charge is 2.25. The van der Waals surface area contributed by atoms with E-state index in [1.54, 1.807) is 18.2 Å². The Balaban J connectivity index is 2.00. The van der Waals surface area contributed by atoms with Crippen LogP contribution in [0, 0.1) is 0 Å². The Morgan fingerprint density at radius 1 is 1.10 bits per heavy atom. The number of phenols is 2. The van der Waals surface area contributed by atoms with Crippen LogP contribution >= 0.6 is 11.6 Å². The van der Waals surface area contributed by atoms with E-state index in [0.29, 0.717) is 16.8 Å². The molecule has 0 saturated carbocycles. The van der Waals surface area contributed by atoms with Crippen molar-refractivity contribution in [2.24, 2.45) is 0 Å². The van der Waals surface area contributed by atoms with Gasteiger partial charge in [-0.2, -0.15) is 0 Å². The van der Waals surface area contributed by atoms with Crippen LogP contribution in [0.5, 0.6) is 11.5 Å². The summed E-state index contributed by atoms with van der Waals surface area (Å²) in [5, 5.41) is 25.0. The molecule has 20 heavy (non-hydrogen) atoms. The Hall–Kier alpha value is -2.40. The summed E-state index contributed by atoms with van der Waals surface area (Å²) in [6.45, 7) is 0. The Bertz CT molecular complexity index is 680. The van der Waals surface area contributed by atoms with Gasteiger partial charge in [0.15, 0.2) is 11.5 Å². The summed E-state index contributed by atoms with van der Waals surface area (Å²) in [5.74, 6) is -0.923. The van der Waals surface area contributed by atoms with Crippen LogP contribution < -0.4 is 10.6 Å². The van der Waals surface area contributed by atoms with E-state index in [1.165, 1.54) is 12.1 Å². The molecule has 1 aliphatic rings. The summed E-state index contributed by atoms with van der Waals surface area (Å²) in [6, 6.07) is 9.96. The minimum atomic E-state index is -0.526. The third-order valence-electron chi connectivity index (χ3n) is 3.15. The number of benzene rings is 2. The van der Waals surface area contributed by atoms with Gasteiger partial charge in [-0.15, -0.1) is 0 Å². The summed E-state index contributed by atoms with van der Waals surface area (Å²) >= 11 is 5.82. The lowest BCUT2D eigenvalue weighted by Crippen LogP contribution is -2.38. The maximum Gasteiger partial charge on any atom is 0.255 e. The van der Waals surface area contributed by atoms with Gasteiger partial charge in [-0.1, -0.05) is 23.7 Å². The maximum atomic E-state index is 12.0. The molecule has 0 aromatic heterocycles. The molecule has 6 heteroatoms. The molecule has 102 valence electrons. The molecular formula is C14H11ClN2O3. The van der Waals surface area contributed by atoms with Crippen molar-refractivity contribution < 1.29 is 15.0 Å². The average Bonchev–Trinajstić information content (AvgIpc) is 2.44. The van der Waals surface area contributed by atoms with Crippen LogP contribution in [0.25, 0.3) is 0 Å². The van der Waals surface area contributed by atoms with Gasteiger partial charge in [0.25, 0.3) is 5.91 Å². The Morgan fingerprint density at radius 3 is 2.60 bits per heavy atom. The van der Waals surface area contributed by atoms with Crippen molar-refractivity contribution in [1.82, 2.24) is 5.32 Å². The second kappa shape index (κ2) is 4.61. The van der Waals surface area contributed by atoms with Crippen molar-refractivity contribution in [2.45, 2.75) is 6.17 Å². The molecule has 1 aliphatic heterocycles. The monoisotopic (exact) mass is 290 g/mol. The first kappa shape index (κ1) is 12.6. The summed E-state index contributed by atoms with van der Waals surface area (Å²) in [5.41, 5.74) is 1.80. The standard InChI is InChI=1S/C14H11ClN2O3/c15-9-5-7(6-11(18)12(9)19)13-16-10-4-2-1-3-8(10)14(20)17-13/h1-6,13,16,18-19H,(H,17,20). The summed E-state index contributed by atoms with van der Waals surface area (Å²) in [7, 11) is 0. The lowest BCUT2D eigenvalue weighted by Gasteiger charge is -2.28. The van der Waals surface area contributed by atoms with Crippen molar-refractivity contribution in [3.63, 3.8) is 0 Å². The fourth-order valence-corrected chi connectivity index (χ4v) is 2.37. The van der Waals surface area contributed by atoms with Crippen LogP contribution in [-0.2, 0) is 0 Å². The lowest BCUT2D eigenvalue weighted by molar-refractivity contribution is 0.0935. The minimum Gasteiger partial charge on any atom is -0.504 e. The van der Waals surface area contributed by atoms with Crippen LogP contribution in [0.4, 0.5) is 5.69 Å². The summed E-state index contributed by atoms with van der Waals surface area (Å²) < 4.78 is 0. The number of nitrogens with one attached hydrogen (secondary N) is 2. The molecule has 1 heterocycles. The Morgan fingerprint density at radius 2 is 1.85 bits per heavy atom. The lowest BCUT2D eigenvalue weighted by atomic mass is 10.1. The van der Waals surface area contributed by atoms with E-state index in [1.807, 2.05) is 6.07 Å². The van der Waals surface area contributed by atoms with Crippen molar-refractivity contribution in [3.8, 4) is 11.5 Å². The molecular weight excluding hydrogens is 280 g/mol. The summed E-state index contributed by atoms with van der Waals surface area (Å²) in [6.07, 6.45) is -0.526. The number of hydrogen-bond donors (Lipinski definition) is 4. The van der Waals surface area contributed by atoms with E-state index in [9.17, 15) is 15.0 Å². The SMILES string of the molecule is O=C1NC(c2cc(O)c(O)c(Cl)c2)Nc2ccccc21. The van der Waals surface area contributed by atoms with E-state index in [2.05, 4.69) is 10.6 Å². The highest BCUT2D eigenvalue weighted by atomic mass is 35.5. The van der Waals surface area contributed by atoms with Crippen molar-refractivity contribution in [2.75, 3.05) is 5.32 Å². The Kier molecular flexibility index (Phi) is 2.91. The molecule has 2 aromatic carbocycles. The number of amides is 1. The zero-order valence-electron chi connectivity index (χ0n) is 10.2. The fraction of sp³-hybridized carbons (Fsp3) is 0.0714. The predicted octanol–water partition coefficient (Wildman–Crippen LogP) is 2.61. The quantitative estimate of drug-likeness (QED) is 0.609. The molecule has 0 radical (unpaired) electrons. The number of carbonyl (C=O) groups excluding carboxylic acids is 1. The van der Waals surface area contributed by atoms with Gasteiger partial charge in [-0.3, -0.25) is 4.79 Å². The van der Waals surface area contributed by atoms with Crippen molar-refractivity contribution >= 4 is 23.2 Å². The number of para-hydroxylation sites is 1. The first-order valence-corrected chi connectivity index (χ1v) is 6.32. The normalized spacial score (nSPS) is 17.1. The van der Waals surface area contributed by atoms with Gasteiger partial charge in [-0.05, 0) is 29.8 Å². The number of halogens is 1. The van der Waals surface area contributed by atoms with Crippen molar-refractivity contribution in [1.29, 1.82) is 0 Å². The minimum absolute atomic E-state index is 0.0231. The first-order valence-electron chi connectivity index (χ1n) is 5.94. The van der Waals surface area contributed by atoms with Gasteiger partial charge in [0.05, 0.1) is 10.6 Å². The molecule has 2 aromatic rings. The van der Waals surface area contributed by atoms with Gasteiger partial charge < -0.3 is 20.8 Å². The summed E-state index contributed by atoms with van der Waals surface area (Å²) in [4.78, 5) is 12.0. The molecule has 0 fully saturated rings. The van der Waals surface area contributed by atoms with Crippen LogP contribution in [0.1, 0.15) is 22.1 Å². The molecule has 3 rings (SSSR count). The smallest absolute Gasteiger partial charge is 0.255 e. The topological polar surface area (TPSA) is 81.6 Å². The number of anilines is 1. The highest BCUT2D eigenvalue weighted by Crippen LogP contribution is 2.37. The molecule has 0 aliphatic carbocycles. The molecule has 1 amide bonds. The van der Waals surface area contributed by atoms with Gasteiger partial charge in [0, 0.05) is 5.69 Å². The van der Waals surface area contributed by atoms with Crippen molar-refractivity contribution in [3.05, 3.63) is 52.5 Å². The number of hydrogen-bond acceptors (Lipinski definition) is 4. The molecule has 4 N–H and O–H groups in total. The molecule has 0 bridgehead atoms. The van der Waals surface area contributed by atoms with E-state index >= 15 is 0 Å². The second-order valence-electron chi connectivity index (χ2n) is 4.47. The van der Waals surface area contributed by atoms with Gasteiger partial charge in [0.1, 0.15) is 6.17 Å². The molecule has 1 unspecified atom stereocenters. The number of aromatic hydroxyl groups is 2. The molecule has 1 atom stereocenters. The van der Waals surface area contributed by atoms with Gasteiger partial charge in [-0.25, -0.2) is 0 Å². The number of rotatable bonds is 1. The highest BCUT2D eigenvalue weighted by molar-refractivity contribution is 6.32. The van der Waals surface area contributed by atoms with Crippen LogP contribution in [0.2, 0.25) is 5.02 Å². The van der Waals surface area contributed by atoms with Gasteiger partial charge >= 0.3 is 0 Å². The van der Waals surface area contributed by atoms with E-state index in [-0.39, 0.29) is 22.4 Å². The van der Waals surface area contributed by atoms with Crippen LogP contribution in [0.3, 0.4) is 0 Å². The molecule has 5 nitrogen and oxygen atoms in total.